The molecule has 0 saturated carbocycles. The minimum atomic E-state index is -0.657. The van der Waals surface area contributed by atoms with Gasteiger partial charge in [-0.1, -0.05) is 12.1 Å². The number of hydrogen-bond acceptors (Lipinski definition) is 5. The highest BCUT2D eigenvalue weighted by atomic mass is 79.9. The van der Waals surface area contributed by atoms with Crippen LogP contribution in [0.1, 0.15) is 23.0 Å². The lowest BCUT2D eigenvalue weighted by molar-refractivity contribution is 0.0516. The van der Waals surface area contributed by atoms with Crippen molar-refractivity contribution in [2.75, 3.05) is 13.7 Å². The molecule has 136 valence electrons. The number of pyridine rings is 1. The first kappa shape index (κ1) is 18.7. The molecule has 2 aromatic heterocycles. The van der Waals surface area contributed by atoms with Gasteiger partial charge < -0.3 is 19.1 Å². The Hall–Kier alpha value is -2.06. The lowest BCUT2D eigenvalue weighted by atomic mass is 10.2. The van der Waals surface area contributed by atoms with E-state index in [0.29, 0.717) is 21.9 Å². The summed E-state index contributed by atoms with van der Waals surface area (Å²) < 4.78 is 13.5. The summed E-state index contributed by atoms with van der Waals surface area (Å²) in [5.41, 5.74) is 1.59. The Kier molecular flexibility index (Phi) is 5.52. The van der Waals surface area contributed by atoms with Crippen molar-refractivity contribution in [3.63, 3.8) is 0 Å². The summed E-state index contributed by atoms with van der Waals surface area (Å²) in [7, 11) is 1.62. The summed E-state index contributed by atoms with van der Waals surface area (Å²) in [4.78, 5) is 16.1. The topological polar surface area (TPSA) is 73.6 Å². The van der Waals surface area contributed by atoms with Crippen molar-refractivity contribution >= 4 is 48.7 Å². The number of rotatable bonds is 5. The molecule has 0 aliphatic carbocycles. The Bertz CT molecular complexity index is 985. The van der Waals surface area contributed by atoms with Crippen molar-refractivity contribution in [1.29, 1.82) is 0 Å². The van der Waals surface area contributed by atoms with E-state index in [9.17, 15) is 9.90 Å². The van der Waals surface area contributed by atoms with Gasteiger partial charge in [0.25, 0.3) is 0 Å². The van der Waals surface area contributed by atoms with Gasteiger partial charge in [-0.15, -0.1) is 0 Å². The molecule has 0 amide bonds. The van der Waals surface area contributed by atoms with Crippen LogP contribution in [0.4, 0.5) is 0 Å². The zero-order valence-corrected chi connectivity index (χ0v) is 17.3. The first-order valence-corrected chi connectivity index (χ1v) is 9.41. The third-order valence-corrected chi connectivity index (χ3v) is 6.03. The van der Waals surface area contributed by atoms with Gasteiger partial charge in [-0.25, -0.2) is 9.78 Å². The second kappa shape index (κ2) is 7.67. The molecule has 0 radical (unpaired) electrons. The van der Waals surface area contributed by atoms with E-state index < -0.39 is 5.97 Å². The van der Waals surface area contributed by atoms with Crippen molar-refractivity contribution in [3.8, 4) is 11.5 Å². The van der Waals surface area contributed by atoms with Crippen LogP contribution >= 0.6 is 31.9 Å². The van der Waals surface area contributed by atoms with E-state index in [2.05, 4.69) is 36.8 Å². The highest BCUT2D eigenvalue weighted by Gasteiger charge is 2.23. The van der Waals surface area contributed by atoms with Gasteiger partial charge in [0, 0.05) is 6.54 Å². The van der Waals surface area contributed by atoms with Crippen LogP contribution in [0, 0.1) is 0 Å². The van der Waals surface area contributed by atoms with Crippen LogP contribution in [0.5, 0.6) is 11.5 Å². The molecular formula is C18H16Br2N2O4. The van der Waals surface area contributed by atoms with Gasteiger partial charge in [0.15, 0.2) is 11.4 Å². The van der Waals surface area contributed by atoms with Gasteiger partial charge in [-0.05, 0) is 56.5 Å². The fraction of sp³-hybridized carbons (Fsp3) is 0.222. The predicted octanol–water partition coefficient (Wildman–Crippen LogP) is 4.50. The number of carbonyl (C=O) groups is 1. The molecule has 2 heterocycles. The first-order chi connectivity index (χ1) is 12.5. The number of hydrogen-bond donors (Lipinski definition) is 1. The van der Waals surface area contributed by atoms with E-state index in [-0.39, 0.29) is 18.1 Å². The molecule has 0 fully saturated rings. The fourth-order valence-corrected chi connectivity index (χ4v) is 3.82. The van der Waals surface area contributed by atoms with Crippen LogP contribution in [-0.2, 0) is 11.3 Å². The molecular weight excluding hydrogens is 468 g/mol. The van der Waals surface area contributed by atoms with Gasteiger partial charge in [-0.3, -0.25) is 0 Å². The van der Waals surface area contributed by atoms with Gasteiger partial charge in [0.2, 0.25) is 0 Å². The second-order valence-corrected chi connectivity index (χ2v) is 7.02. The van der Waals surface area contributed by atoms with Crippen LogP contribution in [0.3, 0.4) is 0 Å². The zero-order chi connectivity index (χ0) is 18.8. The molecule has 3 aromatic rings. The number of ether oxygens (including phenoxy) is 2. The summed E-state index contributed by atoms with van der Waals surface area (Å²) in [6.07, 6.45) is 1.55. The van der Waals surface area contributed by atoms with Crippen molar-refractivity contribution in [3.05, 3.63) is 50.8 Å². The van der Waals surface area contributed by atoms with E-state index >= 15 is 0 Å². The highest BCUT2D eigenvalue weighted by molar-refractivity contribution is 9.13. The number of methoxy groups -OCH3 is 1. The highest BCUT2D eigenvalue weighted by Crippen LogP contribution is 2.41. The standard InChI is InChI=1S/C18H16Br2N2O4/c1-3-26-18(24)15-16(23)13-12(8-21-15)22(17(20)14(13)19)9-10-5-4-6-11(7-10)25-2/h4-8,23H,3,9H2,1-2H3. The molecule has 0 aliphatic rings. The molecule has 6 nitrogen and oxygen atoms in total. The molecule has 0 aliphatic heterocycles. The maximum atomic E-state index is 12.0. The molecule has 0 bridgehead atoms. The Morgan fingerprint density at radius 3 is 2.81 bits per heavy atom. The third kappa shape index (κ3) is 3.31. The van der Waals surface area contributed by atoms with Crippen LogP contribution in [-0.4, -0.2) is 34.3 Å². The van der Waals surface area contributed by atoms with Gasteiger partial charge in [-0.2, -0.15) is 0 Å². The summed E-state index contributed by atoms with van der Waals surface area (Å²) in [5.74, 6) is -0.104. The maximum Gasteiger partial charge on any atom is 0.360 e. The van der Waals surface area contributed by atoms with E-state index in [1.54, 1.807) is 20.2 Å². The lowest BCUT2D eigenvalue weighted by Crippen LogP contribution is -2.08. The molecule has 0 spiro atoms. The van der Waals surface area contributed by atoms with E-state index in [1.165, 1.54) is 0 Å². The van der Waals surface area contributed by atoms with Crippen molar-refractivity contribution in [2.24, 2.45) is 0 Å². The number of halogens is 2. The molecule has 1 N–H and O–H groups in total. The summed E-state index contributed by atoms with van der Waals surface area (Å²) >= 11 is 7.03. The normalized spacial score (nSPS) is 10.9. The number of fused-ring (bicyclic) bond motifs is 1. The minimum absolute atomic E-state index is 0.105. The smallest absolute Gasteiger partial charge is 0.360 e. The van der Waals surface area contributed by atoms with E-state index in [4.69, 9.17) is 9.47 Å². The van der Waals surface area contributed by atoms with E-state index in [0.717, 1.165) is 15.9 Å². The quantitative estimate of drug-likeness (QED) is 0.541. The van der Waals surface area contributed by atoms with Gasteiger partial charge in [0.05, 0.1) is 35.3 Å². The second-order valence-electron chi connectivity index (χ2n) is 5.48. The number of nitrogens with zero attached hydrogens (tertiary/aromatic N) is 2. The monoisotopic (exact) mass is 482 g/mol. The van der Waals surface area contributed by atoms with Crippen molar-refractivity contribution in [1.82, 2.24) is 9.55 Å². The number of esters is 1. The van der Waals surface area contributed by atoms with Crippen LogP contribution in [0.15, 0.2) is 39.5 Å². The Balaban J connectivity index is 2.11. The number of carbonyl (C=O) groups excluding carboxylic acids is 1. The average Bonchev–Trinajstić information content (AvgIpc) is 2.88. The molecule has 8 heteroatoms. The Labute approximate surface area is 167 Å². The molecule has 0 atom stereocenters. The summed E-state index contributed by atoms with van der Waals surface area (Å²) in [5, 5.41) is 11.1. The Morgan fingerprint density at radius 2 is 2.12 bits per heavy atom. The maximum absolute atomic E-state index is 12.0. The van der Waals surface area contributed by atoms with Crippen molar-refractivity contribution < 1.29 is 19.4 Å². The largest absolute Gasteiger partial charge is 0.505 e. The van der Waals surface area contributed by atoms with Gasteiger partial charge >= 0.3 is 5.97 Å². The van der Waals surface area contributed by atoms with Crippen LogP contribution in [0.2, 0.25) is 0 Å². The molecule has 0 saturated heterocycles. The van der Waals surface area contributed by atoms with Crippen LogP contribution in [0.25, 0.3) is 10.9 Å². The van der Waals surface area contributed by atoms with E-state index in [1.807, 2.05) is 28.8 Å². The zero-order valence-electron chi connectivity index (χ0n) is 14.1. The first-order valence-electron chi connectivity index (χ1n) is 7.83. The minimum Gasteiger partial charge on any atom is -0.505 e. The average molecular weight is 484 g/mol. The molecule has 3 rings (SSSR count). The molecule has 26 heavy (non-hydrogen) atoms. The SMILES string of the molecule is CCOC(=O)c1ncc2c(c1O)c(Br)c(Br)n2Cc1cccc(OC)c1. The summed E-state index contributed by atoms with van der Waals surface area (Å²) in [6, 6.07) is 7.71. The van der Waals surface area contributed by atoms with Crippen LogP contribution < -0.4 is 4.74 Å². The predicted molar refractivity (Wildman–Crippen MR) is 105 cm³/mol. The molecule has 1 aromatic carbocycles. The fourth-order valence-electron chi connectivity index (χ4n) is 2.70. The number of benzene rings is 1. The molecule has 0 unspecified atom stereocenters. The summed E-state index contributed by atoms with van der Waals surface area (Å²) in [6.45, 7) is 2.43. The third-order valence-electron chi connectivity index (χ3n) is 3.91. The lowest BCUT2D eigenvalue weighted by Gasteiger charge is -2.10. The number of aromatic nitrogens is 2. The van der Waals surface area contributed by atoms with Crippen molar-refractivity contribution in [2.45, 2.75) is 13.5 Å². The number of aromatic hydroxyl groups is 1. The Morgan fingerprint density at radius 1 is 1.35 bits per heavy atom. The van der Waals surface area contributed by atoms with Gasteiger partial charge in [0.1, 0.15) is 10.4 Å².